The second-order valence-electron chi connectivity index (χ2n) is 7.43. The summed E-state index contributed by atoms with van der Waals surface area (Å²) in [5, 5.41) is 11.7. The minimum atomic E-state index is -0.549. The average Bonchev–Trinajstić information content (AvgIpc) is 3.08. The lowest BCUT2D eigenvalue weighted by atomic mass is 9.94. The fraction of sp³-hybridized carbons (Fsp3) is 0.304. The predicted molar refractivity (Wildman–Crippen MR) is 109 cm³/mol. The van der Waals surface area contributed by atoms with Crippen molar-refractivity contribution in [3.05, 3.63) is 71.4 Å². The maximum atomic E-state index is 13.1. The smallest absolute Gasteiger partial charge is 0.257 e. The number of likely N-dealkylation sites (tertiary alicyclic amines) is 1. The van der Waals surface area contributed by atoms with Gasteiger partial charge in [-0.1, -0.05) is 29.8 Å². The number of aliphatic hydroxyl groups is 1. The first-order valence-electron chi connectivity index (χ1n) is 9.51. The standard InChI is InChI=1S/C23H24N2O3/c1-15-7-8-22(28-2)19(11-15)23(27)25-13-17(21(26)14-25)12-16-9-10-24-20-6-4-3-5-18(16)20/h3-11,17,21,26H,12-14H2,1-2H3/t17-,21-/m1/s1. The van der Waals surface area contributed by atoms with Crippen LogP contribution in [-0.2, 0) is 6.42 Å². The van der Waals surface area contributed by atoms with E-state index in [1.165, 1.54) is 0 Å². The van der Waals surface area contributed by atoms with Crippen molar-refractivity contribution in [1.82, 2.24) is 9.88 Å². The van der Waals surface area contributed by atoms with E-state index in [2.05, 4.69) is 11.1 Å². The number of carbonyl (C=O) groups is 1. The number of aryl methyl sites for hydroxylation is 1. The second-order valence-corrected chi connectivity index (χ2v) is 7.43. The van der Waals surface area contributed by atoms with E-state index in [1.807, 2.05) is 49.4 Å². The molecule has 1 saturated heterocycles. The number of aliphatic hydroxyl groups excluding tert-OH is 1. The normalized spacial score (nSPS) is 19.2. The maximum absolute atomic E-state index is 13.1. The van der Waals surface area contributed by atoms with Crippen LogP contribution in [0, 0.1) is 12.8 Å². The van der Waals surface area contributed by atoms with Gasteiger partial charge in [-0.15, -0.1) is 0 Å². The summed E-state index contributed by atoms with van der Waals surface area (Å²) in [5.41, 5.74) is 3.65. The lowest BCUT2D eigenvalue weighted by molar-refractivity contribution is 0.0761. The number of nitrogens with zero attached hydrogens (tertiary/aromatic N) is 2. The van der Waals surface area contributed by atoms with Crippen molar-refractivity contribution in [3.63, 3.8) is 0 Å². The summed E-state index contributed by atoms with van der Waals surface area (Å²) in [6, 6.07) is 15.6. The molecule has 5 nitrogen and oxygen atoms in total. The number of aromatic nitrogens is 1. The Bertz CT molecular complexity index is 1010. The van der Waals surface area contributed by atoms with Crippen LogP contribution in [-0.4, -0.2) is 47.2 Å². The molecule has 2 heterocycles. The first kappa shape index (κ1) is 18.4. The first-order chi connectivity index (χ1) is 13.6. The van der Waals surface area contributed by atoms with E-state index >= 15 is 0 Å². The molecule has 28 heavy (non-hydrogen) atoms. The lowest BCUT2D eigenvalue weighted by Crippen LogP contribution is -2.30. The number of fused-ring (bicyclic) bond motifs is 1. The number of hydrogen-bond donors (Lipinski definition) is 1. The highest BCUT2D eigenvalue weighted by molar-refractivity contribution is 5.97. The van der Waals surface area contributed by atoms with Crippen LogP contribution >= 0.6 is 0 Å². The van der Waals surface area contributed by atoms with E-state index in [-0.39, 0.29) is 11.8 Å². The van der Waals surface area contributed by atoms with Gasteiger partial charge in [0.05, 0.1) is 24.3 Å². The molecule has 0 aliphatic carbocycles. The molecule has 1 amide bonds. The fourth-order valence-electron chi connectivity index (χ4n) is 4.00. The van der Waals surface area contributed by atoms with Crippen LogP contribution in [0.5, 0.6) is 5.75 Å². The van der Waals surface area contributed by atoms with Crippen LogP contribution in [0.15, 0.2) is 54.7 Å². The van der Waals surface area contributed by atoms with Gasteiger partial charge in [0.1, 0.15) is 5.75 Å². The third kappa shape index (κ3) is 3.45. The number of benzene rings is 2. The zero-order chi connectivity index (χ0) is 19.7. The number of para-hydroxylation sites is 1. The molecule has 1 fully saturated rings. The summed E-state index contributed by atoms with van der Waals surface area (Å²) < 4.78 is 5.36. The third-order valence-electron chi connectivity index (χ3n) is 5.50. The number of pyridine rings is 1. The Morgan fingerprint density at radius 3 is 2.86 bits per heavy atom. The summed E-state index contributed by atoms with van der Waals surface area (Å²) in [4.78, 5) is 19.2. The molecule has 5 heteroatoms. The number of rotatable bonds is 4. The van der Waals surface area contributed by atoms with Crippen molar-refractivity contribution in [2.24, 2.45) is 5.92 Å². The average molecular weight is 376 g/mol. The second kappa shape index (κ2) is 7.60. The van der Waals surface area contributed by atoms with Gasteiger partial charge in [0.25, 0.3) is 5.91 Å². The monoisotopic (exact) mass is 376 g/mol. The van der Waals surface area contributed by atoms with Gasteiger partial charge in [0.15, 0.2) is 0 Å². The number of carbonyl (C=O) groups excluding carboxylic acids is 1. The molecular weight excluding hydrogens is 352 g/mol. The number of methoxy groups -OCH3 is 1. The maximum Gasteiger partial charge on any atom is 0.257 e. The van der Waals surface area contributed by atoms with Crippen LogP contribution in [0.1, 0.15) is 21.5 Å². The van der Waals surface area contributed by atoms with Gasteiger partial charge in [-0.3, -0.25) is 9.78 Å². The Balaban J connectivity index is 1.55. The molecule has 4 rings (SSSR count). The molecule has 0 bridgehead atoms. The number of hydrogen-bond acceptors (Lipinski definition) is 4. The van der Waals surface area contributed by atoms with E-state index in [0.29, 0.717) is 30.8 Å². The molecule has 0 unspecified atom stereocenters. The molecule has 2 atom stereocenters. The van der Waals surface area contributed by atoms with Crippen molar-refractivity contribution in [3.8, 4) is 5.75 Å². The number of ether oxygens (including phenoxy) is 1. The minimum Gasteiger partial charge on any atom is -0.496 e. The van der Waals surface area contributed by atoms with Crippen LogP contribution in [0.3, 0.4) is 0 Å². The van der Waals surface area contributed by atoms with Crippen LogP contribution < -0.4 is 4.74 Å². The van der Waals surface area contributed by atoms with E-state index in [4.69, 9.17) is 4.74 Å². The summed E-state index contributed by atoms with van der Waals surface area (Å²) in [5.74, 6) is 0.459. The van der Waals surface area contributed by atoms with Crippen molar-refractivity contribution in [1.29, 1.82) is 0 Å². The Morgan fingerprint density at radius 2 is 2.04 bits per heavy atom. The minimum absolute atomic E-state index is 0.00874. The van der Waals surface area contributed by atoms with Crippen molar-refractivity contribution in [2.75, 3.05) is 20.2 Å². The third-order valence-corrected chi connectivity index (χ3v) is 5.50. The largest absolute Gasteiger partial charge is 0.496 e. The molecule has 144 valence electrons. The summed E-state index contributed by atoms with van der Waals surface area (Å²) in [7, 11) is 1.57. The lowest BCUT2D eigenvalue weighted by Gasteiger charge is -2.18. The highest BCUT2D eigenvalue weighted by Crippen LogP contribution is 2.28. The van der Waals surface area contributed by atoms with Gasteiger partial charge in [0.2, 0.25) is 0 Å². The molecule has 1 aromatic heterocycles. The van der Waals surface area contributed by atoms with Gasteiger partial charge in [-0.05, 0) is 43.2 Å². The molecule has 1 aliphatic rings. The topological polar surface area (TPSA) is 62.7 Å². The first-order valence-corrected chi connectivity index (χ1v) is 9.51. The highest BCUT2D eigenvalue weighted by Gasteiger charge is 2.35. The molecule has 3 aromatic rings. The molecule has 2 aromatic carbocycles. The summed E-state index contributed by atoms with van der Waals surface area (Å²) >= 11 is 0. The van der Waals surface area contributed by atoms with E-state index in [1.54, 1.807) is 18.2 Å². The zero-order valence-electron chi connectivity index (χ0n) is 16.1. The summed E-state index contributed by atoms with van der Waals surface area (Å²) in [6.45, 7) is 2.81. The Labute approximate surface area is 164 Å². The predicted octanol–water partition coefficient (Wildman–Crippen LogP) is 3.23. The van der Waals surface area contributed by atoms with Gasteiger partial charge in [-0.2, -0.15) is 0 Å². The van der Waals surface area contributed by atoms with Gasteiger partial charge >= 0.3 is 0 Å². The zero-order valence-corrected chi connectivity index (χ0v) is 16.1. The fourth-order valence-corrected chi connectivity index (χ4v) is 4.00. The van der Waals surface area contributed by atoms with Crippen molar-refractivity contribution in [2.45, 2.75) is 19.4 Å². The van der Waals surface area contributed by atoms with E-state index in [9.17, 15) is 9.90 Å². The SMILES string of the molecule is COc1ccc(C)cc1C(=O)N1C[C@@H](Cc2ccnc3ccccc23)[C@H](O)C1. The Hall–Kier alpha value is -2.92. The molecule has 0 radical (unpaired) electrons. The number of amides is 1. The molecule has 1 aliphatic heterocycles. The van der Waals surface area contributed by atoms with Crippen LogP contribution in [0.4, 0.5) is 0 Å². The van der Waals surface area contributed by atoms with Crippen molar-refractivity contribution >= 4 is 16.8 Å². The molecule has 0 saturated carbocycles. The Kier molecular flexibility index (Phi) is 5.01. The van der Waals surface area contributed by atoms with Crippen LogP contribution in [0.25, 0.3) is 10.9 Å². The van der Waals surface area contributed by atoms with E-state index < -0.39 is 6.10 Å². The molecular formula is C23H24N2O3. The number of β-amino-alcohol motifs (C(OH)–C–C–N with tert-alkyl or cyclic N) is 1. The summed E-state index contributed by atoms with van der Waals surface area (Å²) in [6.07, 6.45) is 1.96. The Morgan fingerprint density at radius 1 is 1.21 bits per heavy atom. The van der Waals surface area contributed by atoms with Gasteiger partial charge in [-0.25, -0.2) is 0 Å². The van der Waals surface area contributed by atoms with E-state index in [0.717, 1.165) is 22.0 Å². The van der Waals surface area contributed by atoms with Gasteiger partial charge < -0.3 is 14.7 Å². The van der Waals surface area contributed by atoms with Gasteiger partial charge in [0, 0.05) is 30.6 Å². The molecule has 1 N–H and O–H groups in total. The highest BCUT2D eigenvalue weighted by atomic mass is 16.5. The molecule has 0 spiro atoms. The van der Waals surface area contributed by atoms with Crippen LogP contribution in [0.2, 0.25) is 0 Å². The van der Waals surface area contributed by atoms with Crippen molar-refractivity contribution < 1.29 is 14.6 Å². The quantitative estimate of drug-likeness (QED) is 0.759.